The van der Waals surface area contributed by atoms with Crippen LogP contribution in [0.15, 0.2) is 0 Å². The van der Waals surface area contributed by atoms with E-state index in [2.05, 4.69) is 22.9 Å². The summed E-state index contributed by atoms with van der Waals surface area (Å²) in [5, 5.41) is 138. The maximum absolute atomic E-state index is 13.2. The van der Waals surface area contributed by atoms with Crippen molar-refractivity contribution in [1.29, 1.82) is 0 Å². The molecular weight excluding hydrogens is 924 g/mol. The number of nitrogens with one attached hydrogen (secondary N) is 3. The smallest absolute Gasteiger partial charge is 0.364 e. The number of carboxylic acids is 3. The molecule has 400 valence electrons. The van der Waals surface area contributed by atoms with Crippen LogP contribution in [0.5, 0.6) is 0 Å². The predicted octanol–water partition coefficient (Wildman–Crippen LogP) is -4.15. The molecule has 17 atom stereocenters. The molecule has 0 aromatic rings. The SMILES string of the molecule is CCCCCCCCCCCCNCC(O)C1OC(OC(CO)C(O)C2OC(OC(CO)C(O)C3OC(O)(C(=O)O)CC(O)C3N)(C(=O)O)CC(O)C2NC(C)=O)(C(=O)O)CC(O)C1NC(=O)CC. The molecule has 0 aromatic carbocycles. The highest BCUT2D eigenvalue weighted by Gasteiger charge is 2.61. The van der Waals surface area contributed by atoms with E-state index >= 15 is 0 Å². The van der Waals surface area contributed by atoms with E-state index in [0.29, 0.717) is 6.54 Å². The summed E-state index contributed by atoms with van der Waals surface area (Å²) in [5.74, 6) is -17.0. The van der Waals surface area contributed by atoms with Gasteiger partial charge in [0, 0.05) is 39.2 Å². The summed E-state index contributed by atoms with van der Waals surface area (Å²) < 4.78 is 28.1. The van der Waals surface area contributed by atoms with Gasteiger partial charge in [0.1, 0.15) is 42.7 Å². The largest absolute Gasteiger partial charge is 0.477 e. The van der Waals surface area contributed by atoms with Crippen LogP contribution in [0, 0.1) is 0 Å². The fourth-order valence-corrected chi connectivity index (χ4v) is 8.80. The first kappa shape index (κ1) is 60.0. The van der Waals surface area contributed by atoms with Crippen molar-refractivity contribution in [3.8, 4) is 0 Å². The topological polar surface area (TPSA) is 436 Å². The second kappa shape index (κ2) is 27.5. The highest BCUT2D eigenvalue weighted by molar-refractivity contribution is 5.78. The Labute approximate surface area is 399 Å². The monoisotopic (exact) mass is 1000 g/mol. The van der Waals surface area contributed by atoms with Gasteiger partial charge in [-0.2, -0.15) is 0 Å². The summed E-state index contributed by atoms with van der Waals surface area (Å²) in [6, 6.07) is -4.91. The Kier molecular flexibility index (Phi) is 23.9. The van der Waals surface area contributed by atoms with Crippen molar-refractivity contribution in [2.45, 2.75) is 213 Å². The molecule has 3 aliphatic rings. The van der Waals surface area contributed by atoms with Crippen LogP contribution in [0.3, 0.4) is 0 Å². The minimum atomic E-state index is -3.25. The summed E-state index contributed by atoms with van der Waals surface area (Å²) >= 11 is 0. The number of unbranched alkanes of at least 4 members (excludes halogenated alkanes) is 9. The van der Waals surface area contributed by atoms with Crippen LogP contribution in [-0.2, 0) is 47.7 Å². The lowest BCUT2D eigenvalue weighted by molar-refractivity contribution is -0.354. The molecule has 2 amide bonds. The molecule has 26 nitrogen and oxygen atoms in total. The lowest BCUT2D eigenvalue weighted by atomic mass is 9.87. The van der Waals surface area contributed by atoms with E-state index in [9.17, 15) is 85.3 Å². The highest BCUT2D eigenvalue weighted by atomic mass is 16.8. The number of rotatable bonds is 30. The summed E-state index contributed by atoms with van der Waals surface area (Å²) in [6.07, 6.45) is -15.1. The van der Waals surface area contributed by atoms with Crippen molar-refractivity contribution in [2.75, 3.05) is 26.3 Å². The molecule has 3 saturated heterocycles. The maximum Gasteiger partial charge on any atom is 0.364 e. The average Bonchev–Trinajstić information content (AvgIpc) is 3.29. The van der Waals surface area contributed by atoms with Gasteiger partial charge in [-0.1, -0.05) is 71.6 Å². The van der Waals surface area contributed by atoms with Crippen LogP contribution in [0.4, 0.5) is 0 Å². The Morgan fingerprint density at radius 3 is 1.57 bits per heavy atom. The van der Waals surface area contributed by atoms with Gasteiger partial charge in [0.25, 0.3) is 17.4 Å². The zero-order chi connectivity index (χ0) is 51.9. The number of carbonyl (C=O) groups is 5. The number of nitrogens with two attached hydrogens (primary N) is 1. The first-order chi connectivity index (χ1) is 32.5. The van der Waals surface area contributed by atoms with Gasteiger partial charge >= 0.3 is 17.9 Å². The van der Waals surface area contributed by atoms with Gasteiger partial charge < -0.3 is 107 Å². The standard InChI is InChI=1S/C43H76N4O22/c1-4-6-7-8-9-10-11-12-13-14-15-45-19-26(54)35-31(47-29(55)5-2)24(52)17-42(68-35,39(60)61)66-28(21-49)34(57)37-32(46-22(3)50)25(53)18-43(69-37,40(62)63)65-27(20-48)33(56)36-30(44)23(51)16-41(64,67-36)38(58)59/h23-28,30-37,45,48-49,51-54,56-57,64H,4-21,44H2,1-3H3,(H,46,50)(H,47,55)(H,58,59)(H,60,61)(H,62,63). The summed E-state index contributed by atoms with van der Waals surface area (Å²) in [6.45, 7) is 2.17. The lowest BCUT2D eigenvalue weighted by Crippen LogP contribution is -2.71. The molecule has 0 spiro atoms. The average molecular weight is 1000 g/mol. The molecule has 3 aliphatic heterocycles. The number of hydrogen-bond acceptors (Lipinski definition) is 21. The molecule has 0 bridgehead atoms. The number of ether oxygens (including phenoxy) is 5. The molecule has 3 heterocycles. The lowest BCUT2D eigenvalue weighted by Gasteiger charge is -2.50. The Balaban J connectivity index is 1.90. The summed E-state index contributed by atoms with van der Waals surface area (Å²) in [4.78, 5) is 63.0. The van der Waals surface area contributed by atoms with E-state index in [-0.39, 0.29) is 13.0 Å². The van der Waals surface area contributed by atoms with E-state index in [1.54, 1.807) is 0 Å². The normalized spacial score (nSPS) is 33.9. The number of aliphatic hydroxyl groups is 9. The predicted molar refractivity (Wildman–Crippen MR) is 234 cm³/mol. The molecule has 17 N–H and O–H groups in total. The van der Waals surface area contributed by atoms with Crippen LogP contribution < -0.4 is 21.7 Å². The Morgan fingerprint density at radius 2 is 1.12 bits per heavy atom. The third-order valence-corrected chi connectivity index (χ3v) is 12.7. The maximum atomic E-state index is 13.2. The summed E-state index contributed by atoms with van der Waals surface area (Å²) in [7, 11) is 0. The number of hydrogen-bond donors (Lipinski definition) is 16. The quantitative estimate of drug-likeness (QED) is 0.0304. The van der Waals surface area contributed by atoms with Gasteiger partial charge in [0.05, 0.1) is 55.8 Å². The molecule has 26 heteroatoms. The zero-order valence-electron chi connectivity index (χ0n) is 39.3. The zero-order valence-corrected chi connectivity index (χ0v) is 39.3. The number of carbonyl (C=O) groups excluding carboxylic acids is 2. The minimum Gasteiger partial charge on any atom is -0.477 e. The van der Waals surface area contributed by atoms with Crippen molar-refractivity contribution in [3.63, 3.8) is 0 Å². The van der Waals surface area contributed by atoms with E-state index in [4.69, 9.17) is 29.4 Å². The van der Waals surface area contributed by atoms with Crippen molar-refractivity contribution < 1.29 is 109 Å². The fourth-order valence-electron chi connectivity index (χ4n) is 8.80. The fraction of sp³-hybridized carbons (Fsp3) is 0.884. The van der Waals surface area contributed by atoms with Gasteiger partial charge in [0.15, 0.2) is 0 Å². The molecule has 0 saturated carbocycles. The van der Waals surface area contributed by atoms with Crippen LogP contribution in [0.25, 0.3) is 0 Å². The Morgan fingerprint density at radius 1 is 0.652 bits per heavy atom. The van der Waals surface area contributed by atoms with Gasteiger partial charge in [0.2, 0.25) is 11.8 Å². The Hall–Kier alpha value is -3.29. The highest BCUT2D eigenvalue weighted by Crippen LogP contribution is 2.39. The first-order valence-corrected chi connectivity index (χ1v) is 23.6. The third-order valence-electron chi connectivity index (χ3n) is 12.7. The number of aliphatic carboxylic acids is 3. The molecule has 3 rings (SSSR count). The second-order valence-electron chi connectivity index (χ2n) is 18.1. The molecule has 0 aromatic heterocycles. The van der Waals surface area contributed by atoms with Crippen LogP contribution in [0.1, 0.15) is 111 Å². The van der Waals surface area contributed by atoms with Crippen LogP contribution in [0.2, 0.25) is 0 Å². The van der Waals surface area contributed by atoms with E-state index in [1.165, 1.54) is 39.0 Å². The molecular formula is C43H76N4O22. The molecule has 0 radical (unpaired) electrons. The van der Waals surface area contributed by atoms with Crippen molar-refractivity contribution in [3.05, 3.63) is 0 Å². The first-order valence-electron chi connectivity index (χ1n) is 23.6. The second-order valence-corrected chi connectivity index (χ2v) is 18.1. The van der Waals surface area contributed by atoms with Crippen molar-refractivity contribution in [2.24, 2.45) is 5.73 Å². The van der Waals surface area contributed by atoms with E-state index in [1.807, 2.05) is 0 Å². The van der Waals surface area contributed by atoms with Crippen LogP contribution in [-0.4, -0.2) is 220 Å². The molecule has 17 unspecified atom stereocenters. The van der Waals surface area contributed by atoms with E-state index < -0.39 is 165 Å². The van der Waals surface area contributed by atoms with Gasteiger partial charge in [-0.15, -0.1) is 0 Å². The van der Waals surface area contributed by atoms with Gasteiger partial charge in [-0.05, 0) is 13.0 Å². The molecule has 3 fully saturated rings. The number of amides is 2. The third kappa shape index (κ3) is 15.8. The summed E-state index contributed by atoms with van der Waals surface area (Å²) in [5.41, 5.74) is 5.92. The van der Waals surface area contributed by atoms with E-state index in [0.717, 1.165) is 39.0 Å². The number of aliphatic hydroxyl groups excluding tert-OH is 8. The van der Waals surface area contributed by atoms with Crippen LogP contribution >= 0.6 is 0 Å². The van der Waals surface area contributed by atoms with Crippen molar-refractivity contribution in [1.82, 2.24) is 16.0 Å². The Bertz CT molecular complexity index is 1650. The minimum absolute atomic E-state index is 0.0796. The van der Waals surface area contributed by atoms with Gasteiger partial charge in [-0.3, -0.25) is 9.59 Å². The van der Waals surface area contributed by atoms with Crippen molar-refractivity contribution >= 4 is 29.7 Å². The molecule has 69 heavy (non-hydrogen) atoms. The molecule has 0 aliphatic carbocycles. The number of carboxylic acid groups (broad SMARTS) is 3. The van der Waals surface area contributed by atoms with Gasteiger partial charge in [-0.25, -0.2) is 14.4 Å².